The van der Waals surface area contributed by atoms with Gasteiger partial charge in [0.15, 0.2) is 0 Å². The van der Waals surface area contributed by atoms with Crippen molar-refractivity contribution in [2.45, 2.75) is 18.9 Å². The smallest absolute Gasteiger partial charge is 0.147 e. The molecule has 24 heavy (non-hydrogen) atoms. The van der Waals surface area contributed by atoms with Crippen molar-refractivity contribution in [3.63, 3.8) is 0 Å². The molecule has 122 valence electrons. The van der Waals surface area contributed by atoms with Gasteiger partial charge in [-0.3, -0.25) is 4.98 Å². The fourth-order valence-corrected chi connectivity index (χ4v) is 3.18. The van der Waals surface area contributed by atoms with Crippen molar-refractivity contribution < 1.29 is 4.39 Å². The van der Waals surface area contributed by atoms with Gasteiger partial charge in [0.2, 0.25) is 0 Å². The van der Waals surface area contributed by atoms with E-state index in [1.807, 2.05) is 30.5 Å². The van der Waals surface area contributed by atoms with Gasteiger partial charge >= 0.3 is 0 Å². The maximum absolute atomic E-state index is 13.0. The number of anilines is 2. The summed E-state index contributed by atoms with van der Waals surface area (Å²) >= 11 is 0. The summed E-state index contributed by atoms with van der Waals surface area (Å²) in [4.78, 5) is 11.5. The Morgan fingerprint density at radius 1 is 1.04 bits per heavy atom. The van der Waals surface area contributed by atoms with Gasteiger partial charge < -0.3 is 10.2 Å². The zero-order valence-electron chi connectivity index (χ0n) is 13.3. The van der Waals surface area contributed by atoms with Crippen LogP contribution in [0.2, 0.25) is 0 Å². The Kier molecular flexibility index (Phi) is 3.99. The second kappa shape index (κ2) is 6.43. The number of para-hydroxylation sites is 2. The molecule has 1 saturated heterocycles. The van der Waals surface area contributed by atoms with Crippen molar-refractivity contribution >= 4 is 22.5 Å². The van der Waals surface area contributed by atoms with Gasteiger partial charge in [0.1, 0.15) is 11.6 Å². The van der Waals surface area contributed by atoms with Crippen LogP contribution in [0.5, 0.6) is 0 Å². The van der Waals surface area contributed by atoms with Crippen LogP contribution in [-0.2, 0) is 0 Å². The van der Waals surface area contributed by atoms with Crippen LogP contribution in [0.4, 0.5) is 15.9 Å². The number of nitrogens with one attached hydrogen (secondary N) is 1. The number of fused-ring (bicyclic) bond motifs is 1. The molecule has 0 amide bonds. The van der Waals surface area contributed by atoms with Crippen molar-refractivity contribution in [1.82, 2.24) is 9.97 Å². The summed E-state index contributed by atoms with van der Waals surface area (Å²) in [5.74, 6) is 0.705. The number of nitrogens with zero attached hydrogens (tertiary/aromatic N) is 3. The topological polar surface area (TPSA) is 41.0 Å². The average molecular weight is 322 g/mol. The number of piperidine rings is 1. The minimum Gasteiger partial charge on any atom is -0.381 e. The minimum absolute atomic E-state index is 0.211. The Balaban J connectivity index is 1.50. The summed E-state index contributed by atoms with van der Waals surface area (Å²) < 4.78 is 13.0. The van der Waals surface area contributed by atoms with Crippen LogP contribution in [0.15, 0.2) is 54.7 Å². The Bertz CT molecular complexity index is 834. The summed E-state index contributed by atoms with van der Waals surface area (Å²) in [5, 5.41) is 3.49. The lowest BCUT2D eigenvalue weighted by molar-refractivity contribution is 0.526. The first-order valence-corrected chi connectivity index (χ1v) is 8.27. The standard InChI is InChI=1S/C19H19FN4/c20-14-7-9-15(10-8-14)22-16-4-3-11-24(13-16)19-12-21-17-5-1-2-6-18(17)23-19/h1-2,5-10,12,16,22H,3-4,11,13H2/t16-/m0/s1. The Hall–Kier alpha value is -2.69. The molecule has 1 atom stereocenters. The van der Waals surface area contributed by atoms with E-state index in [2.05, 4.69) is 15.2 Å². The summed E-state index contributed by atoms with van der Waals surface area (Å²) in [6.07, 6.45) is 4.03. The van der Waals surface area contributed by atoms with E-state index >= 15 is 0 Å². The Morgan fingerprint density at radius 2 is 1.83 bits per heavy atom. The van der Waals surface area contributed by atoms with Crippen molar-refractivity contribution in [1.29, 1.82) is 0 Å². The Morgan fingerprint density at radius 3 is 2.67 bits per heavy atom. The second-order valence-electron chi connectivity index (χ2n) is 6.15. The van der Waals surface area contributed by atoms with E-state index in [1.54, 1.807) is 12.1 Å². The fourth-order valence-electron chi connectivity index (χ4n) is 3.18. The minimum atomic E-state index is -0.211. The molecule has 0 unspecified atom stereocenters. The molecule has 4 nitrogen and oxygen atoms in total. The molecule has 0 radical (unpaired) electrons. The lowest BCUT2D eigenvalue weighted by Crippen LogP contribution is -2.42. The number of benzene rings is 2. The highest BCUT2D eigenvalue weighted by Crippen LogP contribution is 2.22. The molecule has 0 aliphatic carbocycles. The maximum atomic E-state index is 13.0. The van der Waals surface area contributed by atoms with E-state index in [1.165, 1.54) is 12.1 Å². The third-order valence-corrected chi connectivity index (χ3v) is 4.40. The van der Waals surface area contributed by atoms with Gasteiger partial charge in [-0.25, -0.2) is 9.37 Å². The third-order valence-electron chi connectivity index (χ3n) is 4.40. The van der Waals surface area contributed by atoms with Gasteiger partial charge in [-0.05, 0) is 49.2 Å². The van der Waals surface area contributed by atoms with Crippen LogP contribution in [0.25, 0.3) is 11.0 Å². The predicted molar refractivity (Wildman–Crippen MR) is 94.8 cm³/mol. The van der Waals surface area contributed by atoms with Crippen LogP contribution < -0.4 is 10.2 Å². The molecular formula is C19H19FN4. The largest absolute Gasteiger partial charge is 0.381 e. The molecule has 1 aromatic heterocycles. The SMILES string of the molecule is Fc1ccc(N[C@H]2CCCN(c3cnc4ccccc4n3)C2)cc1. The van der Waals surface area contributed by atoms with Crippen LogP contribution >= 0.6 is 0 Å². The molecule has 1 fully saturated rings. The number of hydrogen-bond donors (Lipinski definition) is 1. The van der Waals surface area contributed by atoms with Crippen LogP contribution in [0, 0.1) is 5.82 Å². The zero-order chi connectivity index (χ0) is 16.4. The fraction of sp³-hybridized carbons (Fsp3) is 0.263. The van der Waals surface area contributed by atoms with Crippen LogP contribution in [0.3, 0.4) is 0 Å². The number of hydrogen-bond acceptors (Lipinski definition) is 4. The van der Waals surface area contributed by atoms with Crippen LogP contribution in [0.1, 0.15) is 12.8 Å². The quantitative estimate of drug-likeness (QED) is 0.795. The van der Waals surface area contributed by atoms with Gasteiger partial charge in [0, 0.05) is 24.8 Å². The van der Waals surface area contributed by atoms with E-state index in [0.29, 0.717) is 6.04 Å². The molecule has 0 spiro atoms. The molecule has 1 N–H and O–H groups in total. The number of aromatic nitrogens is 2. The third kappa shape index (κ3) is 3.15. The lowest BCUT2D eigenvalue weighted by atomic mass is 10.1. The summed E-state index contributed by atoms with van der Waals surface area (Å²) in [6.45, 7) is 1.85. The van der Waals surface area contributed by atoms with Gasteiger partial charge in [-0.1, -0.05) is 12.1 Å². The van der Waals surface area contributed by atoms with Crippen molar-refractivity contribution in [3.8, 4) is 0 Å². The average Bonchev–Trinajstić information content (AvgIpc) is 2.63. The highest BCUT2D eigenvalue weighted by Gasteiger charge is 2.21. The molecular weight excluding hydrogens is 303 g/mol. The van der Waals surface area contributed by atoms with Gasteiger partial charge in [-0.2, -0.15) is 0 Å². The van der Waals surface area contributed by atoms with E-state index in [9.17, 15) is 4.39 Å². The summed E-state index contributed by atoms with van der Waals surface area (Å²) in [6, 6.07) is 14.8. The van der Waals surface area contributed by atoms with E-state index in [0.717, 1.165) is 48.5 Å². The lowest BCUT2D eigenvalue weighted by Gasteiger charge is -2.34. The van der Waals surface area contributed by atoms with E-state index in [-0.39, 0.29) is 5.82 Å². The molecule has 1 aliphatic heterocycles. The van der Waals surface area contributed by atoms with Crippen LogP contribution in [-0.4, -0.2) is 29.1 Å². The highest BCUT2D eigenvalue weighted by molar-refractivity contribution is 5.75. The molecule has 4 rings (SSSR count). The molecule has 0 bridgehead atoms. The molecule has 1 aliphatic rings. The van der Waals surface area contributed by atoms with Crippen molar-refractivity contribution in [3.05, 3.63) is 60.5 Å². The maximum Gasteiger partial charge on any atom is 0.147 e. The second-order valence-corrected chi connectivity index (χ2v) is 6.15. The number of rotatable bonds is 3. The summed E-state index contributed by atoms with van der Waals surface area (Å²) in [5.41, 5.74) is 2.79. The zero-order valence-corrected chi connectivity index (χ0v) is 13.3. The molecule has 2 heterocycles. The van der Waals surface area contributed by atoms with Gasteiger partial charge in [0.25, 0.3) is 0 Å². The first-order valence-electron chi connectivity index (χ1n) is 8.27. The van der Waals surface area contributed by atoms with Gasteiger partial charge in [-0.15, -0.1) is 0 Å². The Labute approximate surface area is 140 Å². The molecule has 5 heteroatoms. The monoisotopic (exact) mass is 322 g/mol. The summed E-state index contributed by atoms with van der Waals surface area (Å²) in [7, 11) is 0. The first kappa shape index (κ1) is 14.9. The number of halogens is 1. The molecule has 2 aromatic carbocycles. The highest BCUT2D eigenvalue weighted by atomic mass is 19.1. The molecule has 3 aromatic rings. The normalized spacial score (nSPS) is 17.9. The molecule has 0 saturated carbocycles. The van der Waals surface area contributed by atoms with Crippen molar-refractivity contribution in [2.75, 3.05) is 23.3 Å². The van der Waals surface area contributed by atoms with E-state index < -0.39 is 0 Å². The predicted octanol–water partition coefficient (Wildman–Crippen LogP) is 3.85. The van der Waals surface area contributed by atoms with Gasteiger partial charge in [0.05, 0.1) is 17.2 Å². The van der Waals surface area contributed by atoms with Crippen molar-refractivity contribution in [2.24, 2.45) is 0 Å². The van der Waals surface area contributed by atoms with E-state index in [4.69, 9.17) is 4.98 Å². The first-order chi connectivity index (χ1) is 11.8.